The van der Waals surface area contributed by atoms with Crippen LogP contribution in [0.5, 0.6) is 0 Å². The molecule has 1 N–H and O–H groups in total. The van der Waals surface area contributed by atoms with Crippen molar-refractivity contribution in [3.05, 3.63) is 75.2 Å². The highest BCUT2D eigenvalue weighted by atomic mass is 35.5. The van der Waals surface area contributed by atoms with Crippen molar-refractivity contribution in [2.75, 3.05) is 6.54 Å². The molecule has 2 rings (SSSR count). The maximum atomic E-state index is 11.7. The van der Waals surface area contributed by atoms with E-state index in [1.807, 2.05) is 31.2 Å². The summed E-state index contributed by atoms with van der Waals surface area (Å²) in [4.78, 5) is 23.3. The lowest BCUT2D eigenvalue weighted by Crippen LogP contribution is -2.25. The fourth-order valence-electron chi connectivity index (χ4n) is 2.05. The van der Waals surface area contributed by atoms with Gasteiger partial charge in [-0.05, 0) is 31.1 Å². The Morgan fingerprint density at radius 3 is 2.70 bits per heavy atom. The van der Waals surface area contributed by atoms with Gasteiger partial charge in [0.25, 0.3) is 5.56 Å². The zero-order valence-electron chi connectivity index (χ0n) is 13.0. The lowest BCUT2D eigenvalue weighted by atomic mass is 10.1. The third-order valence-corrected chi connectivity index (χ3v) is 3.55. The van der Waals surface area contributed by atoms with E-state index in [1.165, 1.54) is 22.3 Å². The van der Waals surface area contributed by atoms with Crippen LogP contribution in [0.15, 0.2) is 53.5 Å². The van der Waals surface area contributed by atoms with Crippen molar-refractivity contribution >= 4 is 23.6 Å². The number of carbonyl (C=O) groups excluding carboxylic acids is 1. The predicted octanol–water partition coefficient (Wildman–Crippen LogP) is 3.03. The van der Waals surface area contributed by atoms with Crippen LogP contribution in [0.25, 0.3) is 6.08 Å². The minimum Gasteiger partial charge on any atom is -0.352 e. The smallest absolute Gasteiger partial charge is 0.250 e. The Labute approximate surface area is 140 Å². The van der Waals surface area contributed by atoms with Crippen LogP contribution in [0.2, 0.25) is 5.02 Å². The van der Waals surface area contributed by atoms with Crippen LogP contribution < -0.4 is 10.9 Å². The van der Waals surface area contributed by atoms with E-state index < -0.39 is 0 Å². The molecule has 1 aromatic carbocycles. The zero-order chi connectivity index (χ0) is 16.7. The first-order valence-corrected chi connectivity index (χ1v) is 7.81. The molecule has 1 amide bonds. The van der Waals surface area contributed by atoms with Crippen molar-refractivity contribution < 1.29 is 4.79 Å². The average molecular weight is 331 g/mol. The van der Waals surface area contributed by atoms with E-state index in [0.717, 1.165) is 5.56 Å². The van der Waals surface area contributed by atoms with Crippen molar-refractivity contribution in [1.82, 2.24) is 9.88 Å². The van der Waals surface area contributed by atoms with Gasteiger partial charge in [-0.25, -0.2) is 0 Å². The molecule has 5 heteroatoms. The third kappa shape index (κ3) is 5.75. The molecule has 0 fully saturated rings. The molecule has 0 unspecified atom stereocenters. The van der Waals surface area contributed by atoms with Gasteiger partial charge in [-0.15, -0.1) is 0 Å². The molecule has 0 saturated carbocycles. The molecule has 0 aliphatic heterocycles. The maximum absolute atomic E-state index is 11.7. The molecule has 4 nitrogen and oxygen atoms in total. The highest BCUT2D eigenvalue weighted by Gasteiger charge is 1.99. The Balaban J connectivity index is 1.75. The van der Waals surface area contributed by atoms with Crippen LogP contribution in [0.3, 0.4) is 0 Å². The van der Waals surface area contributed by atoms with Gasteiger partial charge in [0.2, 0.25) is 5.91 Å². The summed E-state index contributed by atoms with van der Waals surface area (Å²) in [5.74, 6) is -0.149. The monoisotopic (exact) mass is 330 g/mol. The second kappa shape index (κ2) is 8.34. The van der Waals surface area contributed by atoms with Gasteiger partial charge in [0.1, 0.15) is 0 Å². The fraction of sp³-hybridized carbons (Fsp3) is 0.222. The van der Waals surface area contributed by atoms with Crippen molar-refractivity contribution in [1.29, 1.82) is 0 Å². The van der Waals surface area contributed by atoms with Gasteiger partial charge in [-0.3, -0.25) is 9.59 Å². The predicted molar refractivity (Wildman–Crippen MR) is 93.6 cm³/mol. The molecule has 23 heavy (non-hydrogen) atoms. The molecule has 0 aliphatic carbocycles. The number of pyridine rings is 1. The minimum atomic E-state index is -0.149. The first-order chi connectivity index (χ1) is 11.0. The molecule has 0 spiro atoms. The summed E-state index contributed by atoms with van der Waals surface area (Å²) in [6.07, 6.45) is 5.54. The van der Waals surface area contributed by atoms with E-state index in [-0.39, 0.29) is 11.5 Å². The molecular formula is C18H19ClN2O2. The normalized spacial score (nSPS) is 10.9. The van der Waals surface area contributed by atoms with E-state index in [1.54, 1.807) is 18.3 Å². The van der Waals surface area contributed by atoms with E-state index in [2.05, 4.69) is 5.32 Å². The Bertz CT molecular complexity index is 748. The molecular weight excluding hydrogens is 312 g/mol. The van der Waals surface area contributed by atoms with Crippen LogP contribution >= 0.6 is 11.6 Å². The largest absolute Gasteiger partial charge is 0.352 e. The topological polar surface area (TPSA) is 51.1 Å². The Kier molecular flexibility index (Phi) is 6.18. The highest BCUT2D eigenvalue weighted by molar-refractivity contribution is 6.30. The molecule has 1 aromatic heterocycles. The third-order valence-electron chi connectivity index (χ3n) is 3.33. The quantitative estimate of drug-likeness (QED) is 0.654. The maximum Gasteiger partial charge on any atom is 0.250 e. The van der Waals surface area contributed by atoms with Crippen LogP contribution in [0.1, 0.15) is 17.5 Å². The Morgan fingerprint density at radius 1 is 1.22 bits per heavy atom. The second-order valence-corrected chi connectivity index (χ2v) is 5.70. The van der Waals surface area contributed by atoms with Crippen molar-refractivity contribution in [3.63, 3.8) is 0 Å². The Morgan fingerprint density at radius 2 is 1.96 bits per heavy atom. The van der Waals surface area contributed by atoms with Gasteiger partial charge in [-0.2, -0.15) is 0 Å². The molecule has 0 radical (unpaired) electrons. The summed E-state index contributed by atoms with van der Waals surface area (Å²) in [5, 5.41) is 3.32. The summed E-state index contributed by atoms with van der Waals surface area (Å²) >= 11 is 5.85. The summed E-state index contributed by atoms with van der Waals surface area (Å²) in [6.45, 7) is 3.03. The van der Waals surface area contributed by atoms with Crippen LogP contribution in [0, 0.1) is 6.92 Å². The lowest BCUT2D eigenvalue weighted by Gasteiger charge is -2.06. The van der Waals surface area contributed by atoms with Crippen LogP contribution in [-0.2, 0) is 11.3 Å². The van der Waals surface area contributed by atoms with Gasteiger partial charge in [0, 0.05) is 31.4 Å². The van der Waals surface area contributed by atoms with Gasteiger partial charge in [-0.1, -0.05) is 41.4 Å². The molecule has 120 valence electrons. The number of benzene rings is 1. The summed E-state index contributed by atoms with van der Waals surface area (Å²) in [5.41, 5.74) is 2.07. The number of halogens is 1. The number of aryl methyl sites for hydroxylation is 2. The van der Waals surface area contributed by atoms with Gasteiger partial charge in [0.05, 0.1) is 5.02 Å². The number of nitrogens with one attached hydrogen (secondary N) is 1. The van der Waals surface area contributed by atoms with Gasteiger partial charge >= 0.3 is 0 Å². The van der Waals surface area contributed by atoms with E-state index >= 15 is 0 Å². The minimum absolute atomic E-state index is 0.0972. The lowest BCUT2D eigenvalue weighted by molar-refractivity contribution is -0.116. The fourth-order valence-corrected chi connectivity index (χ4v) is 2.23. The van der Waals surface area contributed by atoms with Crippen LogP contribution in [0.4, 0.5) is 0 Å². The van der Waals surface area contributed by atoms with Crippen molar-refractivity contribution in [2.45, 2.75) is 19.9 Å². The summed E-state index contributed by atoms with van der Waals surface area (Å²) < 4.78 is 1.54. The molecule has 0 aliphatic rings. The summed E-state index contributed by atoms with van der Waals surface area (Å²) in [7, 11) is 0. The van der Waals surface area contributed by atoms with Crippen LogP contribution in [-0.4, -0.2) is 17.0 Å². The molecule has 1 heterocycles. The molecule has 0 bridgehead atoms. The summed E-state index contributed by atoms with van der Waals surface area (Å²) in [6, 6.07) is 10.9. The highest BCUT2D eigenvalue weighted by Crippen LogP contribution is 2.05. The van der Waals surface area contributed by atoms with Gasteiger partial charge in [0.15, 0.2) is 0 Å². The first-order valence-electron chi connectivity index (χ1n) is 7.43. The number of rotatable bonds is 6. The van der Waals surface area contributed by atoms with Crippen molar-refractivity contribution in [3.8, 4) is 0 Å². The zero-order valence-corrected chi connectivity index (χ0v) is 13.7. The molecule has 0 saturated heterocycles. The number of nitrogens with zero attached hydrogens (tertiary/aromatic N) is 1. The standard InChI is InChI=1S/C18H19ClN2O2/c1-14-3-5-15(6-4-14)7-9-17(22)20-11-2-12-21-13-16(19)8-10-18(21)23/h3-10,13H,2,11-12H2,1H3,(H,20,22)/b9-7+. The molecule has 2 aromatic rings. The number of carbonyl (C=O) groups is 1. The average Bonchev–Trinajstić information content (AvgIpc) is 2.54. The van der Waals surface area contributed by atoms with E-state index in [9.17, 15) is 9.59 Å². The Hall–Kier alpha value is -2.33. The van der Waals surface area contributed by atoms with Gasteiger partial charge < -0.3 is 9.88 Å². The van der Waals surface area contributed by atoms with E-state index in [0.29, 0.717) is 24.5 Å². The first kappa shape index (κ1) is 17.0. The van der Waals surface area contributed by atoms with Crippen molar-refractivity contribution in [2.24, 2.45) is 0 Å². The number of aromatic nitrogens is 1. The number of hydrogen-bond donors (Lipinski definition) is 1. The SMILES string of the molecule is Cc1ccc(/C=C/C(=O)NCCCn2cc(Cl)ccc2=O)cc1. The molecule has 0 atom stereocenters. The second-order valence-electron chi connectivity index (χ2n) is 5.27. The number of amides is 1. The van der Waals surface area contributed by atoms with E-state index in [4.69, 9.17) is 11.6 Å². The number of hydrogen-bond acceptors (Lipinski definition) is 2.